The van der Waals surface area contributed by atoms with Gasteiger partial charge in [-0.05, 0) is 43.5 Å². The van der Waals surface area contributed by atoms with Crippen LogP contribution in [-0.2, 0) is 14.3 Å². The normalized spacial score (nSPS) is 21.7. The van der Waals surface area contributed by atoms with E-state index < -0.39 is 11.9 Å². The monoisotopic (exact) mass is 307 g/mol. The van der Waals surface area contributed by atoms with Gasteiger partial charge in [0.1, 0.15) is 5.92 Å². The summed E-state index contributed by atoms with van der Waals surface area (Å²) in [6.07, 6.45) is 2.12. The number of ether oxygens (including phenoxy) is 1. The van der Waals surface area contributed by atoms with Crippen molar-refractivity contribution >= 4 is 29.0 Å². The highest BCUT2D eigenvalue weighted by Crippen LogP contribution is 2.29. The lowest BCUT2D eigenvalue weighted by atomic mass is 9.82. The largest absolute Gasteiger partial charge is 0.465 e. The molecule has 1 N–H and O–H groups in total. The Labute approximate surface area is 129 Å². The van der Waals surface area contributed by atoms with Crippen molar-refractivity contribution in [3.63, 3.8) is 0 Å². The number of halogens is 1. The molecule has 0 unspecified atom stereocenters. The first kappa shape index (κ1) is 15.6. The molecule has 0 fully saturated rings. The Kier molecular flexibility index (Phi) is 5.02. The molecule has 2 atom stereocenters. The van der Waals surface area contributed by atoms with Gasteiger partial charge in [0.25, 0.3) is 0 Å². The van der Waals surface area contributed by atoms with Crippen molar-refractivity contribution in [3.8, 4) is 0 Å². The van der Waals surface area contributed by atoms with E-state index in [4.69, 9.17) is 16.3 Å². The standard InChI is InChI=1S/C16H18ClNO3/c1-3-21-16(20)15-10(2)8-13(9-14(15)19)18-12-6-4-11(17)5-7-12/h4-7,9-10,15,18H,3,8H2,1-2H3/t10-,15+/m1/s1. The van der Waals surface area contributed by atoms with Crippen LogP contribution in [0.25, 0.3) is 0 Å². The number of carbonyl (C=O) groups excluding carboxylic acids is 2. The van der Waals surface area contributed by atoms with Crippen LogP contribution < -0.4 is 5.32 Å². The lowest BCUT2D eigenvalue weighted by Gasteiger charge is -2.26. The van der Waals surface area contributed by atoms with Crippen molar-refractivity contribution in [3.05, 3.63) is 41.1 Å². The molecule has 0 bridgehead atoms. The van der Waals surface area contributed by atoms with E-state index in [-0.39, 0.29) is 18.3 Å². The van der Waals surface area contributed by atoms with Gasteiger partial charge in [0.2, 0.25) is 0 Å². The highest BCUT2D eigenvalue weighted by molar-refractivity contribution is 6.30. The summed E-state index contributed by atoms with van der Waals surface area (Å²) in [5, 5.41) is 3.85. The Morgan fingerprint density at radius 1 is 1.38 bits per heavy atom. The summed E-state index contributed by atoms with van der Waals surface area (Å²) in [7, 11) is 0. The Hall–Kier alpha value is -1.81. The predicted octanol–water partition coefficient (Wildman–Crippen LogP) is 3.42. The smallest absolute Gasteiger partial charge is 0.317 e. The highest BCUT2D eigenvalue weighted by Gasteiger charge is 2.36. The van der Waals surface area contributed by atoms with Crippen LogP contribution in [0, 0.1) is 11.8 Å². The van der Waals surface area contributed by atoms with Gasteiger partial charge in [-0.1, -0.05) is 18.5 Å². The van der Waals surface area contributed by atoms with Gasteiger partial charge in [-0.15, -0.1) is 0 Å². The molecule has 1 aliphatic rings. The number of hydrogen-bond acceptors (Lipinski definition) is 4. The third kappa shape index (κ3) is 3.85. The number of rotatable bonds is 4. The molecule has 4 nitrogen and oxygen atoms in total. The van der Waals surface area contributed by atoms with Crippen LogP contribution in [0.3, 0.4) is 0 Å². The van der Waals surface area contributed by atoms with Gasteiger partial charge in [-0.25, -0.2) is 0 Å². The third-order valence-electron chi connectivity index (χ3n) is 3.42. The molecule has 0 spiro atoms. The molecule has 1 aromatic rings. The maximum atomic E-state index is 12.1. The lowest BCUT2D eigenvalue weighted by molar-refractivity contribution is -0.152. The topological polar surface area (TPSA) is 55.4 Å². The van der Waals surface area contributed by atoms with Crippen molar-refractivity contribution in [2.45, 2.75) is 20.3 Å². The fourth-order valence-corrected chi connectivity index (χ4v) is 2.58. The van der Waals surface area contributed by atoms with Crippen molar-refractivity contribution in [2.75, 3.05) is 11.9 Å². The lowest BCUT2D eigenvalue weighted by Crippen LogP contribution is -2.34. The molecule has 21 heavy (non-hydrogen) atoms. The first-order valence-corrected chi connectivity index (χ1v) is 7.32. The number of ketones is 1. The van der Waals surface area contributed by atoms with Crippen LogP contribution >= 0.6 is 11.6 Å². The number of nitrogens with one attached hydrogen (secondary N) is 1. The van der Waals surface area contributed by atoms with Gasteiger partial charge >= 0.3 is 5.97 Å². The number of esters is 1. The summed E-state index contributed by atoms with van der Waals surface area (Å²) in [6.45, 7) is 3.91. The Bertz CT molecular complexity index is 565. The van der Waals surface area contributed by atoms with Crippen molar-refractivity contribution in [1.82, 2.24) is 0 Å². The Morgan fingerprint density at radius 3 is 2.62 bits per heavy atom. The molecular weight excluding hydrogens is 290 g/mol. The second-order valence-electron chi connectivity index (χ2n) is 5.11. The van der Waals surface area contributed by atoms with Crippen LogP contribution in [0.5, 0.6) is 0 Å². The van der Waals surface area contributed by atoms with Crippen LogP contribution in [0.2, 0.25) is 5.02 Å². The minimum Gasteiger partial charge on any atom is -0.465 e. The number of benzene rings is 1. The molecule has 0 amide bonds. The zero-order valence-corrected chi connectivity index (χ0v) is 12.8. The van der Waals surface area contributed by atoms with E-state index in [9.17, 15) is 9.59 Å². The molecule has 0 radical (unpaired) electrons. The van der Waals surface area contributed by atoms with E-state index in [1.807, 2.05) is 19.1 Å². The van der Waals surface area contributed by atoms with Crippen molar-refractivity contribution in [2.24, 2.45) is 11.8 Å². The van der Waals surface area contributed by atoms with Crippen molar-refractivity contribution < 1.29 is 14.3 Å². The average Bonchev–Trinajstić information content (AvgIpc) is 2.41. The molecule has 1 aromatic carbocycles. The molecule has 5 heteroatoms. The summed E-state index contributed by atoms with van der Waals surface area (Å²) in [5.41, 5.74) is 1.66. The molecule has 112 valence electrons. The summed E-state index contributed by atoms with van der Waals surface area (Å²) >= 11 is 5.84. The fourth-order valence-electron chi connectivity index (χ4n) is 2.45. The SMILES string of the molecule is CCOC(=O)[C@@H]1C(=O)C=C(Nc2ccc(Cl)cc2)C[C@H]1C. The van der Waals surface area contributed by atoms with Crippen LogP contribution in [0.15, 0.2) is 36.0 Å². The second-order valence-corrected chi connectivity index (χ2v) is 5.55. The third-order valence-corrected chi connectivity index (χ3v) is 3.68. The zero-order chi connectivity index (χ0) is 15.4. The number of hydrogen-bond donors (Lipinski definition) is 1. The second kappa shape index (κ2) is 6.76. The molecule has 2 rings (SSSR count). The molecular formula is C16H18ClNO3. The summed E-state index contributed by atoms with van der Waals surface area (Å²) in [5.74, 6) is -1.42. The van der Waals surface area contributed by atoms with Gasteiger partial charge in [0.05, 0.1) is 6.61 Å². The van der Waals surface area contributed by atoms with E-state index >= 15 is 0 Å². The molecule has 0 aliphatic heterocycles. The number of allylic oxidation sites excluding steroid dienone is 2. The molecule has 0 aromatic heterocycles. The Morgan fingerprint density at radius 2 is 2.05 bits per heavy atom. The van der Waals surface area contributed by atoms with Gasteiger partial charge in [0.15, 0.2) is 5.78 Å². The van der Waals surface area contributed by atoms with E-state index in [0.717, 1.165) is 11.4 Å². The fraction of sp³-hybridized carbons (Fsp3) is 0.375. The number of carbonyl (C=O) groups is 2. The van der Waals surface area contributed by atoms with Crippen molar-refractivity contribution in [1.29, 1.82) is 0 Å². The van der Waals surface area contributed by atoms with Crippen LogP contribution in [0.4, 0.5) is 5.69 Å². The molecule has 0 saturated heterocycles. The first-order chi connectivity index (χ1) is 10.0. The van der Waals surface area contributed by atoms with Crippen LogP contribution in [-0.4, -0.2) is 18.4 Å². The first-order valence-electron chi connectivity index (χ1n) is 6.95. The minimum atomic E-state index is -0.694. The van der Waals surface area contributed by atoms with Gasteiger partial charge in [0, 0.05) is 22.5 Å². The zero-order valence-electron chi connectivity index (χ0n) is 12.1. The summed E-state index contributed by atoms with van der Waals surface area (Å²) < 4.78 is 4.96. The van der Waals surface area contributed by atoms with E-state index in [1.54, 1.807) is 19.1 Å². The van der Waals surface area contributed by atoms with Crippen LogP contribution in [0.1, 0.15) is 20.3 Å². The number of anilines is 1. The summed E-state index contributed by atoms with van der Waals surface area (Å²) in [6, 6.07) is 7.24. The van der Waals surface area contributed by atoms with E-state index in [2.05, 4.69) is 5.32 Å². The predicted molar refractivity (Wildman–Crippen MR) is 82.1 cm³/mol. The van der Waals surface area contributed by atoms with E-state index in [0.29, 0.717) is 11.4 Å². The molecule has 0 heterocycles. The van der Waals surface area contributed by atoms with Gasteiger partial charge in [-0.3, -0.25) is 9.59 Å². The highest BCUT2D eigenvalue weighted by atomic mass is 35.5. The van der Waals surface area contributed by atoms with Gasteiger partial charge in [-0.2, -0.15) is 0 Å². The summed E-state index contributed by atoms with van der Waals surface area (Å²) in [4.78, 5) is 24.0. The Balaban J connectivity index is 2.10. The minimum absolute atomic E-state index is 0.0867. The average molecular weight is 308 g/mol. The van der Waals surface area contributed by atoms with E-state index in [1.165, 1.54) is 6.08 Å². The molecule has 1 aliphatic carbocycles. The maximum absolute atomic E-state index is 12.1. The quantitative estimate of drug-likeness (QED) is 0.684. The van der Waals surface area contributed by atoms with Gasteiger partial charge < -0.3 is 10.1 Å². The molecule has 0 saturated carbocycles. The maximum Gasteiger partial charge on any atom is 0.317 e.